The van der Waals surface area contributed by atoms with Gasteiger partial charge in [0, 0.05) is 0 Å². The number of H-pyrrole nitrogens is 1. The number of carbonyl (C=O) groups is 1. The molecule has 1 heterocycles. The minimum absolute atomic E-state index is 0.0479. The van der Waals surface area contributed by atoms with Gasteiger partial charge in [0.2, 0.25) is 5.82 Å². The first-order valence-electron chi connectivity index (χ1n) is 3.81. The van der Waals surface area contributed by atoms with Gasteiger partial charge >= 0.3 is 11.8 Å². The second-order valence-corrected chi connectivity index (χ2v) is 2.79. The molecular formula is C7H6ClFN2O4. The van der Waals surface area contributed by atoms with Gasteiger partial charge in [-0.15, -0.1) is 11.6 Å². The maximum absolute atomic E-state index is 12.7. The lowest BCUT2D eigenvalue weighted by Gasteiger charge is -2.03. The van der Waals surface area contributed by atoms with Crippen LogP contribution < -0.4 is 11.2 Å². The lowest BCUT2D eigenvalue weighted by Crippen LogP contribution is -2.35. The summed E-state index contributed by atoms with van der Waals surface area (Å²) >= 11 is 5.23. The predicted molar refractivity (Wildman–Crippen MR) is 48.7 cm³/mol. The minimum atomic E-state index is -1.25. The van der Waals surface area contributed by atoms with E-state index in [-0.39, 0.29) is 12.5 Å². The van der Waals surface area contributed by atoms with Crippen molar-refractivity contribution in [2.45, 2.75) is 0 Å². The lowest BCUT2D eigenvalue weighted by molar-refractivity contribution is 0.152. The van der Waals surface area contributed by atoms with Crippen molar-refractivity contribution in [1.82, 2.24) is 9.55 Å². The van der Waals surface area contributed by atoms with Crippen molar-refractivity contribution in [3.8, 4) is 0 Å². The molecule has 1 aromatic heterocycles. The van der Waals surface area contributed by atoms with Crippen LogP contribution >= 0.6 is 11.6 Å². The summed E-state index contributed by atoms with van der Waals surface area (Å²) in [4.78, 5) is 34.3. The zero-order valence-corrected chi connectivity index (χ0v) is 8.08. The molecule has 0 spiro atoms. The number of carbonyl (C=O) groups excluding carboxylic acids is 1. The van der Waals surface area contributed by atoms with E-state index < -0.39 is 23.2 Å². The van der Waals surface area contributed by atoms with Gasteiger partial charge in [-0.05, 0) is 0 Å². The number of hydrogen-bond donors (Lipinski definition) is 1. The van der Waals surface area contributed by atoms with Gasteiger partial charge in [-0.25, -0.2) is 14.2 Å². The number of halogens is 2. The number of rotatable bonds is 2. The summed E-state index contributed by atoms with van der Waals surface area (Å²) in [6.07, 6.45) is -0.645. The molecular weight excluding hydrogens is 231 g/mol. The SMILES string of the molecule is O=C(OCCCl)n1cc(F)c(=O)[nH]c1=O. The van der Waals surface area contributed by atoms with E-state index in [0.717, 1.165) is 0 Å². The van der Waals surface area contributed by atoms with Crippen molar-refractivity contribution >= 4 is 17.7 Å². The summed E-state index contributed by atoms with van der Waals surface area (Å²) in [5, 5.41) is 0. The van der Waals surface area contributed by atoms with Crippen LogP contribution in [0.2, 0.25) is 0 Å². The van der Waals surface area contributed by atoms with Crippen molar-refractivity contribution in [3.63, 3.8) is 0 Å². The van der Waals surface area contributed by atoms with Crippen molar-refractivity contribution < 1.29 is 13.9 Å². The highest BCUT2D eigenvalue weighted by molar-refractivity contribution is 6.18. The maximum Gasteiger partial charge on any atom is 0.422 e. The van der Waals surface area contributed by atoms with E-state index in [0.29, 0.717) is 10.8 Å². The summed E-state index contributed by atoms with van der Waals surface area (Å²) < 4.78 is 17.5. The van der Waals surface area contributed by atoms with Gasteiger partial charge in [0.1, 0.15) is 6.61 Å². The van der Waals surface area contributed by atoms with E-state index in [1.54, 1.807) is 4.98 Å². The monoisotopic (exact) mass is 236 g/mol. The predicted octanol–water partition coefficient (Wildman–Crippen LogP) is -0.101. The van der Waals surface area contributed by atoms with E-state index in [2.05, 4.69) is 4.74 Å². The molecule has 6 nitrogen and oxygen atoms in total. The fourth-order valence-corrected chi connectivity index (χ4v) is 0.856. The molecule has 1 N–H and O–H groups in total. The smallest absolute Gasteiger partial charge is 0.422 e. The highest BCUT2D eigenvalue weighted by Gasteiger charge is 2.11. The zero-order valence-electron chi connectivity index (χ0n) is 7.33. The van der Waals surface area contributed by atoms with Gasteiger partial charge in [-0.1, -0.05) is 0 Å². The van der Waals surface area contributed by atoms with Crippen LogP contribution in [0.25, 0.3) is 0 Å². The topological polar surface area (TPSA) is 81.2 Å². The van der Waals surface area contributed by atoms with E-state index in [9.17, 15) is 18.8 Å². The number of aromatic nitrogens is 2. The fourth-order valence-electron chi connectivity index (χ4n) is 0.779. The normalized spacial score (nSPS) is 10.0. The number of ether oxygens (including phenoxy) is 1. The highest BCUT2D eigenvalue weighted by atomic mass is 35.5. The van der Waals surface area contributed by atoms with Crippen LogP contribution in [0, 0.1) is 5.82 Å². The fraction of sp³-hybridized carbons (Fsp3) is 0.286. The Bertz CT molecular complexity index is 481. The molecule has 0 saturated heterocycles. The summed E-state index contributed by atoms with van der Waals surface area (Å²) in [6.45, 7) is -0.117. The maximum atomic E-state index is 12.7. The summed E-state index contributed by atoms with van der Waals surface area (Å²) in [6, 6.07) is 0. The molecule has 8 heteroatoms. The molecule has 0 saturated carbocycles. The number of nitrogens with zero attached hydrogens (tertiary/aromatic N) is 1. The third kappa shape index (κ3) is 2.66. The van der Waals surface area contributed by atoms with E-state index in [1.165, 1.54) is 0 Å². The molecule has 1 aromatic rings. The Morgan fingerprint density at radius 3 is 2.87 bits per heavy atom. The molecule has 0 aliphatic heterocycles. The molecule has 0 fully saturated rings. The average molecular weight is 237 g/mol. The number of alkyl halides is 1. The molecule has 0 radical (unpaired) electrons. The first-order chi connectivity index (χ1) is 7.06. The van der Waals surface area contributed by atoms with Gasteiger partial charge in [0.05, 0.1) is 12.1 Å². The van der Waals surface area contributed by atoms with Crippen LogP contribution in [0.4, 0.5) is 9.18 Å². The van der Waals surface area contributed by atoms with Crippen LogP contribution in [0.5, 0.6) is 0 Å². The minimum Gasteiger partial charge on any atom is -0.448 e. The first kappa shape index (κ1) is 11.4. The standard InChI is InChI=1S/C7H6ClFN2O4/c8-1-2-15-7(14)11-3-4(9)5(12)10-6(11)13/h3H,1-2H2,(H,10,12,13). The van der Waals surface area contributed by atoms with Crippen molar-refractivity contribution in [2.24, 2.45) is 0 Å². The second-order valence-electron chi connectivity index (χ2n) is 2.41. The average Bonchev–Trinajstić information content (AvgIpc) is 2.20. The molecule has 0 aromatic carbocycles. The Labute approximate surface area is 87.2 Å². The van der Waals surface area contributed by atoms with Gasteiger partial charge in [-0.2, -0.15) is 4.39 Å². The van der Waals surface area contributed by atoms with Gasteiger partial charge in [0.15, 0.2) is 0 Å². The van der Waals surface area contributed by atoms with Crippen molar-refractivity contribution in [2.75, 3.05) is 12.5 Å². The molecule has 0 bridgehead atoms. The lowest BCUT2D eigenvalue weighted by atomic mass is 10.6. The number of nitrogens with one attached hydrogen (secondary N) is 1. The Morgan fingerprint density at radius 1 is 1.60 bits per heavy atom. The Hall–Kier alpha value is -1.63. The van der Waals surface area contributed by atoms with Gasteiger partial charge < -0.3 is 4.74 Å². The third-order valence-electron chi connectivity index (χ3n) is 1.40. The molecule has 0 unspecified atom stereocenters. The Morgan fingerprint density at radius 2 is 2.27 bits per heavy atom. The van der Waals surface area contributed by atoms with Gasteiger partial charge in [-0.3, -0.25) is 9.78 Å². The Kier molecular flexibility index (Phi) is 3.62. The van der Waals surface area contributed by atoms with Crippen LogP contribution in [0.15, 0.2) is 15.8 Å². The molecule has 82 valence electrons. The zero-order chi connectivity index (χ0) is 11.4. The number of hydrogen-bond acceptors (Lipinski definition) is 4. The number of aromatic amines is 1. The molecule has 15 heavy (non-hydrogen) atoms. The largest absolute Gasteiger partial charge is 0.448 e. The summed E-state index contributed by atoms with van der Waals surface area (Å²) in [5.41, 5.74) is -2.26. The second kappa shape index (κ2) is 4.74. The molecule has 0 aliphatic carbocycles. The van der Waals surface area contributed by atoms with Crippen LogP contribution in [0.3, 0.4) is 0 Å². The van der Waals surface area contributed by atoms with Crippen molar-refractivity contribution in [3.05, 3.63) is 32.9 Å². The van der Waals surface area contributed by atoms with Gasteiger partial charge in [0.25, 0.3) is 5.56 Å². The quantitative estimate of drug-likeness (QED) is 0.727. The van der Waals surface area contributed by atoms with Crippen molar-refractivity contribution in [1.29, 1.82) is 0 Å². The third-order valence-corrected chi connectivity index (χ3v) is 1.55. The van der Waals surface area contributed by atoms with E-state index in [1.807, 2.05) is 0 Å². The summed E-state index contributed by atoms with van der Waals surface area (Å²) in [7, 11) is 0. The molecule has 0 amide bonds. The molecule has 0 atom stereocenters. The van der Waals surface area contributed by atoms with Crippen LogP contribution in [-0.2, 0) is 4.74 Å². The van der Waals surface area contributed by atoms with E-state index in [4.69, 9.17) is 11.6 Å². The first-order valence-corrected chi connectivity index (χ1v) is 4.34. The Balaban J connectivity index is 3.05. The van der Waals surface area contributed by atoms with Crippen LogP contribution in [0.1, 0.15) is 0 Å². The van der Waals surface area contributed by atoms with Crippen LogP contribution in [-0.4, -0.2) is 28.1 Å². The molecule has 1 rings (SSSR count). The highest BCUT2D eigenvalue weighted by Crippen LogP contribution is 1.88. The summed E-state index contributed by atoms with van der Waals surface area (Å²) in [5.74, 6) is -1.20. The molecule has 0 aliphatic rings. The van der Waals surface area contributed by atoms with E-state index >= 15 is 0 Å².